The number of carboxylic acid groups (broad SMARTS) is 1. The highest BCUT2D eigenvalue weighted by atomic mass is 16.4. The average molecular weight is 277 g/mol. The van der Waals surface area contributed by atoms with Gasteiger partial charge in [-0.15, -0.1) is 0 Å². The van der Waals surface area contributed by atoms with E-state index in [1.54, 1.807) is 13.0 Å². The minimum atomic E-state index is -1.13. The normalized spacial score (nSPS) is 21.9. The molecule has 1 unspecified atom stereocenters. The molecule has 108 valence electrons. The summed E-state index contributed by atoms with van der Waals surface area (Å²) in [5, 5.41) is 12.1. The van der Waals surface area contributed by atoms with Crippen LogP contribution >= 0.6 is 0 Å². The fourth-order valence-electron chi connectivity index (χ4n) is 2.51. The van der Waals surface area contributed by atoms with E-state index in [0.29, 0.717) is 25.1 Å². The van der Waals surface area contributed by atoms with E-state index in [1.165, 1.54) is 4.90 Å². The number of rotatable bonds is 2. The number of likely N-dealkylation sites (tertiary alicyclic amines) is 1. The first kappa shape index (κ1) is 14.3. The molecular formula is C14H19N3O3. The molecule has 2 heterocycles. The first-order chi connectivity index (χ1) is 9.34. The molecule has 1 aromatic heterocycles. The van der Waals surface area contributed by atoms with Crippen LogP contribution in [-0.4, -0.2) is 39.1 Å². The van der Waals surface area contributed by atoms with E-state index in [1.807, 2.05) is 19.9 Å². The van der Waals surface area contributed by atoms with Gasteiger partial charge in [0.1, 0.15) is 5.54 Å². The summed E-state index contributed by atoms with van der Waals surface area (Å²) in [6.07, 6.45) is 1.17. The van der Waals surface area contributed by atoms with Crippen LogP contribution in [0.1, 0.15) is 31.2 Å². The molecule has 1 aliphatic rings. The van der Waals surface area contributed by atoms with Crippen molar-refractivity contribution in [3.63, 3.8) is 0 Å². The number of hydrogen-bond donors (Lipinski definition) is 2. The number of nitrogens with one attached hydrogen (secondary N) is 1. The summed E-state index contributed by atoms with van der Waals surface area (Å²) in [7, 11) is 0. The van der Waals surface area contributed by atoms with Gasteiger partial charge in [0.2, 0.25) is 0 Å². The molecule has 6 heteroatoms. The van der Waals surface area contributed by atoms with Crippen LogP contribution in [-0.2, 0) is 4.79 Å². The molecule has 2 amide bonds. The smallest absolute Gasteiger partial charge is 0.329 e. The van der Waals surface area contributed by atoms with Crippen LogP contribution in [0.5, 0.6) is 0 Å². The summed E-state index contributed by atoms with van der Waals surface area (Å²) in [5.74, 6) is -0.969. The predicted octanol–water partition coefficient (Wildman–Crippen LogP) is 2.17. The molecule has 1 saturated heterocycles. The van der Waals surface area contributed by atoms with E-state index in [9.17, 15) is 14.7 Å². The molecule has 0 radical (unpaired) electrons. The number of hydrogen-bond acceptors (Lipinski definition) is 3. The molecule has 0 bridgehead atoms. The van der Waals surface area contributed by atoms with Crippen molar-refractivity contribution >= 4 is 17.7 Å². The standard InChI is InChI=1S/C14H19N3O3/c1-9-5-6-11(10(2)15-9)16-13(20)17-8-4-7-14(17,3)12(18)19/h5-6H,4,7-8H2,1-3H3,(H,16,20)(H,18,19). The largest absolute Gasteiger partial charge is 0.480 e. The number of carbonyl (C=O) groups excluding carboxylic acids is 1. The van der Waals surface area contributed by atoms with Gasteiger partial charge in [0, 0.05) is 12.2 Å². The summed E-state index contributed by atoms with van der Waals surface area (Å²) in [6.45, 7) is 5.72. The monoisotopic (exact) mass is 277 g/mol. The number of aliphatic carboxylic acids is 1. The highest BCUT2D eigenvalue weighted by Crippen LogP contribution is 2.30. The Hall–Kier alpha value is -2.11. The molecule has 0 aliphatic carbocycles. The number of carbonyl (C=O) groups is 2. The van der Waals surface area contributed by atoms with E-state index >= 15 is 0 Å². The molecule has 20 heavy (non-hydrogen) atoms. The number of amides is 2. The zero-order valence-corrected chi connectivity index (χ0v) is 11.9. The van der Waals surface area contributed by atoms with Crippen LogP contribution in [0.3, 0.4) is 0 Å². The van der Waals surface area contributed by atoms with Crippen molar-refractivity contribution in [2.45, 2.75) is 39.2 Å². The Morgan fingerprint density at radius 1 is 1.40 bits per heavy atom. The van der Waals surface area contributed by atoms with E-state index in [-0.39, 0.29) is 6.03 Å². The van der Waals surface area contributed by atoms with Crippen LogP contribution in [0.4, 0.5) is 10.5 Å². The minimum absolute atomic E-state index is 0.388. The molecule has 0 aromatic carbocycles. The van der Waals surface area contributed by atoms with Gasteiger partial charge in [-0.25, -0.2) is 9.59 Å². The van der Waals surface area contributed by atoms with Gasteiger partial charge >= 0.3 is 12.0 Å². The van der Waals surface area contributed by atoms with Crippen LogP contribution in [0, 0.1) is 13.8 Å². The fraction of sp³-hybridized carbons (Fsp3) is 0.500. The number of aryl methyl sites for hydroxylation is 2. The number of pyridine rings is 1. The minimum Gasteiger partial charge on any atom is -0.480 e. The molecule has 2 N–H and O–H groups in total. The second-order valence-electron chi connectivity index (χ2n) is 5.35. The second kappa shape index (κ2) is 5.11. The molecule has 1 aliphatic heterocycles. The Morgan fingerprint density at radius 2 is 2.10 bits per heavy atom. The third-order valence-corrected chi connectivity index (χ3v) is 3.81. The van der Waals surface area contributed by atoms with Gasteiger partial charge < -0.3 is 15.3 Å². The van der Waals surface area contributed by atoms with E-state index < -0.39 is 11.5 Å². The van der Waals surface area contributed by atoms with Gasteiger partial charge in [-0.3, -0.25) is 4.98 Å². The maximum atomic E-state index is 12.3. The topological polar surface area (TPSA) is 82.5 Å². The molecule has 0 spiro atoms. The van der Waals surface area contributed by atoms with E-state index in [0.717, 1.165) is 11.4 Å². The van der Waals surface area contributed by atoms with Gasteiger partial charge in [-0.05, 0) is 45.7 Å². The molecule has 2 rings (SSSR count). The van der Waals surface area contributed by atoms with Crippen molar-refractivity contribution in [2.24, 2.45) is 0 Å². The number of nitrogens with zero attached hydrogens (tertiary/aromatic N) is 2. The Morgan fingerprint density at radius 3 is 2.70 bits per heavy atom. The first-order valence-corrected chi connectivity index (χ1v) is 6.61. The number of aromatic nitrogens is 1. The molecular weight excluding hydrogens is 258 g/mol. The van der Waals surface area contributed by atoms with Crippen molar-refractivity contribution in [1.82, 2.24) is 9.88 Å². The highest BCUT2D eigenvalue weighted by Gasteiger charge is 2.46. The zero-order chi connectivity index (χ0) is 14.9. The lowest BCUT2D eigenvalue weighted by atomic mass is 10.00. The second-order valence-corrected chi connectivity index (χ2v) is 5.35. The lowest BCUT2D eigenvalue weighted by molar-refractivity contribution is -0.146. The SMILES string of the molecule is Cc1ccc(NC(=O)N2CCCC2(C)C(=O)O)c(C)n1. The Labute approximate surface area is 117 Å². The molecule has 0 saturated carbocycles. The third kappa shape index (κ3) is 2.45. The Balaban J connectivity index is 2.18. The van der Waals surface area contributed by atoms with Crippen LogP contribution < -0.4 is 5.32 Å². The summed E-state index contributed by atoms with van der Waals surface area (Å²) in [5.41, 5.74) is 1.07. The van der Waals surface area contributed by atoms with Gasteiger partial charge in [0.15, 0.2) is 0 Å². The van der Waals surface area contributed by atoms with Crippen LogP contribution in [0.15, 0.2) is 12.1 Å². The van der Waals surface area contributed by atoms with Crippen molar-refractivity contribution in [2.75, 3.05) is 11.9 Å². The summed E-state index contributed by atoms with van der Waals surface area (Å²) in [4.78, 5) is 29.3. The van der Waals surface area contributed by atoms with Crippen molar-refractivity contribution in [3.8, 4) is 0 Å². The number of urea groups is 1. The van der Waals surface area contributed by atoms with Gasteiger partial charge in [-0.1, -0.05) is 0 Å². The first-order valence-electron chi connectivity index (χ1n) is 6.61. The van der Waals surface area contributed by atoms with Crippen molar-refractivity contribution in [3.05, 3.63) is 23.5 Å². The number of carboxylic acids is 1. The van der Waals surface area contributed by atoms with Crippen LogP contribution in [0.25, 0.3) is 0 Å². The van der Waals surface area contributed by atoms with E-state index in [4.69, 9.17) is 0 Å². The van der Waals surface area contributed by atoms with Crippen molar-refractivity contribution < 1.29 is 14.7 Å². The van der Waals surface area contributed by atoms with Gasteiger partial charge in [-0.2, -0.15) is 0 Å². The highest BCUT2D eigenvalue weighted by molar-refractivity contribution is 5.94. The lowest BCUT2D eigenvalue weighted by Crippen LogP contribution is -2.52. The zero-order valence-electron chi connectivity index (χ0n) is 11.9. The number of anilines is 1. The third-order valence-electron chi connectivity index (χ3n) is 3.81. The van der Waals surface area contributed by atoms with E-state index in [2.05, 4.69) is 10.3 Å². The quantitative estimate of drug-likeness (QED) is 0.868. The molecule has 6 nitrogen and oxygen atoms in total. The molecule has 1 fully saturated rings. The fourth-order valence-corrected chi connectivity index (χ4v) is 2.51. The Bertz CT molecular complexity index is 559. The van der Waals surface area contributed by atoms with Gasteiger partial charge in [0.25, 0.3) is 0 Å². The van der Waals surface area contributed by atoms with Crippen molar-refractivity contribution in [1.29, 1.82) is 0 Å². The van der Waals surface area contributed by atoms with Gasteiger partial charge in [0.05, 0.1) is 11.4 Å². The lowest BCUT2D eigenvalue weighted by Gasteiger charge is -2.31. The average Bonchev–Trinajstić information content (AvgIpc) is 2.76. The Kier molecular flexibility index (Phi) is 3.65. The summed E-state index contributed by atoms with van der Waals surface area (Å²) < 4.78 is 0. The van der Waals surface area contributed by atoms with Crippen LogP contribution in [0.2, 0.25) is 0 Å². The maximum absolute atomic E-state index is 12.3. The predicted molar refractivity (Wildman–Crippen MR) is 74.7 cm³/mol. The maximum Gasteiger partial charge on any atom is 0.329 e. The summed E-state index contributed by atoms with van der Waals surface area (Å²) in [6, 6.07) is 3.20. The molecule has 1 aromatic rings. The summed E-state index contributed by atoms with van der Waals surface area (Å²) >= 11 is 0. The molecule has 1 atom stereocenters.